The van der Waals surface area contributed by atoms with Crippen molar-refractivity contribution in [3.8, 4) is 0 Å². The van der Waals surface area contributed by atoms with Crippen molar-refractivity contribution in [1.29, 1.82) is 0 Å². The van der Waals surface area contributed by atoms with Crippen molar-refractivity contribution in [2.45, 2.75) is 32.2 Å². The number of carbonyl (C=O) groups is 1. The maximum atomic E-state index is 12.3. The summed E-state index contributed by atoms with van der Waals surface area (Å²) >= 11 is 0. The molecule has 0 aromatic heterocycles. The third kappa shape index (κ3) is 5.41. The first-order chi connectivity index (χ1) is 11.8. The highest BCUT2D eigenvalue weighted by molar-refractivity contribution is 7.89. The Morgan fingerprint density at radius 3 is 2.28 bits per heavy atom. The number of rotatable bonds is 7. The fraction of sp³-hybridized carbons (Fsp3) is 0.316. The van der Waals surface area contributed by atoms with E-state index in [0.29, 0.717) is 13.1 Å². The number of nitrogens with zero attached hydrogens (tertiary/aromatic N) is 1. The van der Waals surface area contributed by atoms with E-state index in [9.17, 15) is 13.2 Å². The van der Waals surface area contributed by atoms with Crippen molar-refractivity contribution in [3.63, 3.8) is 0 Å². The summed E-state index contributed by atoms with van der Waals surface area (Å²) in [5.41, 5.74) is 3.16. The third-order valence-corrected chi connectivity index (χ3v) is 5.55. The second kappa shape index (κ2) is 8.27. The van der Waals surface area contributed by atoms with Gasteiger partial charge in [0.05, 0.1) is 4.90 Å². The largest absolute Gasteiger partial charge is 0.337 e. The second-order valence-electron chi connectivity index (χ2n) is 6.08. The number of carbonyl (C=O) groups excluding carboxylic acids is 1. The van der Waals surface area contributed by atoms with Crippen molar-refractivity contribution in [2.75, 3.05) is 13.1 Å². The Labute approximate surface area is 149 Å². The fourth-order valence-electron chi connectivity index (χ4n) is 2.46. The molecule has 0 heterocycles. The quantitative estimate of drug-likeness (QED) is 0.825. The van der Waals surface area contributed by atoms with Crippen LogP contribution in [0.1, 0.15) is 23.6 Å². The zero-order valence-electron chi connectivity index (χ0n) is 14.8. The lowest BCUT2D eigenvalue weighted by Gasteiger charge is -2.22. The highest BCUT2D eigenvalue weighted by atomic mass is 32.2. The first-order valence-corrected chi connectivity index (χ1v) is 9.64. The second-order valence-corrected chi connectivity index (χ2v) is 7.84. The SMILES string of the molecule is CC(=O)N(CCNS(=O)(=O)c1ccc(C)cc1)Cc1ccccc1C. The molecule has 1 N–H and O–H groups in total. The average Bonchev–Trinajstić information content (AvgIpc) is 2.56. The molecule has 5 nitrogen and oxygen atoms in total. The summed E-state index contributed by atoms with van der Waals surface area (Å²) in [5, 5.41) is 0. The Kier molecular flexibility index (Phi) is 6.33. The number of benzene rings is 2. The Balaban J connectivity index is 1.98. The van der Waals surface area contributed by atoms with Crippen LogP contribution in [0.25, 0.3) is 0 Å². The predicted octanol–water partition coefficient (Wildman–Crippen LogP) is 2.63. The van der Waals surface area contributed by atoms with E-state index in [1.165, 1.54) is 6.92 Å². The summed E-state index contributed by atoms with van der Waals surface area (Å²) in [4.78, 5) is 13.7. The number of sulfonamides is 1. The Morgan fingerprint density at radius 1 is 1.04 bits per heavy atom. The van der Waals surface area contributed by atoms with Gasteiger partial charge in [0.1, 0.15) is 0 Å². The smallest absolute Gasteiger partial charge is 0.240 e. The predicted molar refractivity (Wildman–Crippen MR) is 98.6 cm³/mol. The number of nitrogens with one attached hydrogen (secondary N) is 1. The van der Waals surface area contributed by atoms with Crippen molar-refractivity contribution >= 4 is 15.9 Å². The zero-order valence-corrected chi connectivity index (χ0v) is 15.6. The molecule has 2 aromatic rings. The number of amides is 1. The molecular weight excluding hydrogens is 336 g/mol. The van der Waals surface area contributed by atoms with Gasteiger partial charge in [-0.15, -0.1) is 0 Å². The van der Waals surface area contributed by atoms with Crippen LogP contribution in [-0.4, -0.2) is 32.3 Å². The molecule has 6 heteroatoms. The minimum Gasteiger partial charge on any atom is -0.337 e. The van der Waals surface area contributed by atoms with Gasteiger partial charge in [0.25, 0.3) is 0 Å². The average molecular weight is 360 g/mol. The van der Waals surface area contributed by atoms with Gasteiger partial charge in [0, 0.05) is 26.6 Å². The molecule has 2 aromatic carbocycles. The van der Waals surface area contributed by atoms with Crippen LogP contribution in [0.5, 0.6) is 0 Å². The summed E-state index contributed by atoms with van der Waals surface area (Å²) in [6.07, 6.45) is 0. The zero-order chi connectivity index (χ0) is 18.4. The Morgan fingerprint density at radius 2 is 1.68 bits per heavy atom. The van der Waals surface area contributed by atoms with Gasteiger partial charge in [0.15, 0.2) is 0 Å². The Bertz CT molecular complexity index is 830. The highest BCUT2D eigenvalue weighted by Crippen LogP contribution is 2.12. The molecule has 0 saturated heterocycles. The highest BCUT2D eigenvalue weighted by Gasteiger charge is 2.15. The molecule has 0 atom stereocenters. The van der Waals surface area contributed by atoms with Crippen LogP contribution in [0.2, 0.25) is 0 Å². The molecule has 0 aliphatic carbocycles. The van der Waals surface area contributed by atoms with Gasteiger partial charge < -0.3 is 4.90 Å². The monoisotopic (exact) mass is 360 g/mol. The van der Waals surface area contributed by atoms with Crippen LogP contribution in [0.3, 0.4) is 0 Å². The maximum absolute atomic E-state index is 12.3. The standard InChI is InChI=1S/C19H24N2O3S/c1-15-8-10-19(11-9-15)25(23,24)20-12-13-21(17(3)22)14-18-7-5-4-6-16(18)2/h4-11,20H,12-14H2,1-3H3. The van der Waals surface area contributed by atoms with Crippen molar-refractivity contribution in [2.24, 2.45) is 0 Å². The van der Waals surface area contributed by atoms with Gasteiger partial charge in [-0.25, -0.2) is 13.1 Å². The van der Waals surface area contributed by atoms with E-state index < -0.39 is 10.0 Å². The minimum atomic E-state index is -3.57. The summed E-state index contributed by atoms with van der Waals surface area (Å²) < 4.78 is 27.1. The first kappa shape index (κ1) is 19.1. The minimum absolute atomic E-state index is 0.0854. The molecule has 0 radical (unpaired) electrons. The topological polar surface area (TPSA) is 66.5 Å². The molecule has 0 aliphatic heterocycles. The van der Waals surface area contributed by atoms with E-state index in [1.807, 2.05) is 38.1 Å². The van der Waals surface area contributed by atoms with Crippen molar-refractivity contribution in [3.05, 3.63) is 65.2 Å². The van der Waals surface area contributed by atoms with Crippen LogP contribution in [0, 0.1) is 13.8 Å². The van der Waals surface area contributed by atoms with Crippen molar-refractivity contribution < 1.29 is 13.2 Å². The summed E-state index contributed by atoms with van der Waals surface area (Å²) in [7, 11) is -3.57. The van der Waals surface area contributed by atoms with Gasteiger partial charge in [-0.05, 0) is 37.1 Å². The summed E-state index contributed by atoms with van der Waals surface area (Å²) in [5.74, 6) is -0.0854. The number of hydrogen-bond donors (Lipinski definition) is 1. The maximum Gasteiger partial charge on any atom is 0.240 e. The third-order valence-electron chi connectivity index (χ3n) is 4.07. The molecule has 0 saturated carbocycles. The van der Waals surface area contributed by atoms with Crippen LogP contribution >= 0.6 is 0 Å². The summed E-state index contributed by atoms with van der Waals surface area (Å²) in [6, 6.07) is 14.5. The van der Waals surface area contributed by atoms with Crippen LogP contribution < -0.4 is 4.72 Å². The van der Waals surface area contributed by atoms with E-state index in [4.69, 9.17) is 0 Å². The van der Waals surface area contributed by atoms with E-state index in [2.05, 4.69) is 4.72 Å². The molecule has 1 amide bonds. The number of hydrogen-bond acceptors (Lipinski definition) is 3. The van der Waals surface area contributed by atoms with Crippen LogP contribution in [-0.2, 0) is 21.4 Å². The first-order valence-electron chi connectivity index (χ1n) is 8.16. The van der Waals surface area contributed by atoms with Gasteiger partial charge in [-0.1, -0.05) is 42.0 Å². The van der Waals surface area contributed by atoms with E-state index in [0.717, 1.165) is 16.7 Å². The summed E-state index contributed by atoms with van der Waals surface area (Å²) in [6.45, 7) is 6.34. The van der Waals surface area contributed by atoms with E-state index >= 15 is 0 Å². The molecule has 0 unspecified atom stereocenters. The van der Waals surface area contributed by atoms with Gasteiger partial charge in [-0.3, -0.25) is 4.79 Å². The van der Waals surface area contributed by atoms with Gasteiger partial charge in [0.2, 0.25) is 15.9 Å². The molecule has 0 spiro atoms. The lowest BCUT2D eigenvalue weighted by atomic mass is 10.1. The normalized spacial score (nSPS) is 11.3. The van der Waals surface area contributed by atoms with Crippen LogP contribution in [0.4, 0.5) is 0 Å². The molecule has 0 bridgehead atoms. The molecular formula is C19H24N2O3S. The fourth-order valence-corrected chi connectivity index (χ4v) is 3.48. The lowest BCUT2D eigenvalue weighted by Crippen LogP contribution is -2.37. The van der Waals surface area contributed by atoms with Gasteiger partial charge >= 0.3 is 0 Å². The van der Waals surface area contributed by atoms with Crippen molar-refractivity contribution in [1.82, 2.24) is 9.62 Å². The molecule has 0 aliphatic rings. The molecule has 0 fully saturated rings. The van der Waals surface area contributed by atoms with Gasteiger partial charge in [-0.2, -0.15) is 0 Å². The number of aryl methyl sites for hydroxylation is 2. The molecule has 2 rings (SSSR count). The Hall–Kier alpha value is -2.18. The van der Waals surface area contributed by atoms with E-state index in [-0.39, 0.29) is 17.3 Å². The lowest BCUT2D eigenvalue weighted by molar-refractivity contribution is -0.129. The van der Waals surface area contributed by atoms with Crippen LogP contribution in [0.15, 0.2) is 53.4 Å². The molecule has 25 heavy (non-hydrogen) atoms. The molecule has 134 valence electrons. The van der Waals surface area contributed by atoms with E-state index in [1.54, 1.807) is 29.2 Å².